The lowest BCUT2D eigenvalue weighted by Crippen LogP contribution is -2.26. The number of aromatic amines is 1. The van der Waals surface area contributed by atoms with Crippen molar-refractivity contribution in [1.82, 2.24) is 30.0 Å². The predicted octanol–water partition coefficient (Wildman–Crippen LogP) is 2.58. The Kier molecular flexibility index (Phi) is 4.74. The summed E-state index contributed by atoms with van der Waals surface area (Å²) in [4.78, 5) is 22.7. The summed E-state index contributed by atoms with van der Waals surface area (Å²) in [6, 6.07) is 7.60. The molecule has 0 atom stereocenters. The Labute approximate surface area is 165 Å². The molecule has 4 heterocycles. The molecule has 0 spiro atoms. The molecule has 0 saturated heterocycles. The molecule has 1 amide bonds. The van der Waals surface area contributed by atoms with Crippen LogP contribution in [0.15, 0.2) is 30.5 Å². The highest BCUT2D eigenvalue weighted by Crippen LogP contribution is 2.30. The van der Waals surface area contributed by atoms with E-state index in [1.165, 1.54) is 17.6 Å². The Balaban J connectivity index is 1.61. The zero-order valence-electron chi connectivity index (χ0n) is 15.5. The lowest BCUT2D eigenvalue weighted by molar-refractivity contribution is 0.0942. The molecule has 0 aliphatic carbocycles. The van der Waals surface area contributed by atoms with Crippen LogP contribution in [0.3, 0.4) is 0 Å². The molecule has 28 heavy (non-hydrogen) atoms. The Morgan fingerprint density at radius 2 is 2.21 bits per heavy atom. The summed E-state index contributed by atoms with van der Waals surface area (Å²) in [6.45, 7) is 2.24. The van der Waals surface area contributed by atoms with E-state index in [-0.39, 0.29) is 5.91 Å². The number of nitrogens with zero attached hydrogens (tertiary/aromatic N) is 4. The maximum absolute atomic E-state index is 12.8. The van der Waals surface area contributed by atoms with Gasteiger partial charge in [-0.05, 0) is 25.1 Å². The topological polar surface area (TPSA) is 112 Å². The third-order valence-corrected chi connectivity index (χ3v) is 5.57. The van der Waals surface area contributed by atoms with Crippen LogP contribution in [-0.2, 0) is 20.0 Å². The van der Waals surface area contributed by atoms with E-state index in [1.54, 1.807) is 6.20 Å². The van der Waals surface area contributed by atoms with Crippen molar-refractivity contribution in [2.45, 2.75) is 19.9 Å². The van der Waals surface area contributed by atoms with E-state index in [2.05, 4.69) is 25.5 Å². The zero-order valence-corrected chi connectivity index (χ0v) is 16.3. The number of thiazole rings is 1. The van der Waals surface area contributed by atoms with Crippen LogP contribution in [0.2, 0.25) is 0 Å². The third-order valence-electron chi connectivity index (χ3n) is 4.44. The van der Waals surface area contributed by atoms with Gasteiger partial charge in [-0.3, -0.25) is 14.9 Å². The number of hydrogen-bond donors (Lipinski definition) is 3. The minimum Gasteiger partial charge on any atom is -0.345 e. The van der Waals surface area contributed by atoms with Crippen molar-refractivity contribution in [3.63, 3.8) is 0 Å². The number of rotatable bonds is 6. The fourth-order valence-electron chi connectivity index (χ4n) is 3.14. The molecule has 0 aromatic carbocycles. The molecule has 0 unspecified atom stereocenters. The van der Waals surface area contributed by atoms with Crippen LogP contribution in [0.1, 0.15) is 38.1 Å². The molecule has 4 aromatic rings. The van der Waals surface area contributed by atoms with Crippen LogP contribution >= 0.6 is 11.3 Å². The Morgan fingerprint density at radius 3 is 2.93 bits per heavy atom. The lowest BCUT2D eigenvalue weighted by Gasteiger charge is -2.08. The van der Waals surface area contributed by atoms with Gasteiger partial charge in [0.25, 0.3) is 5.91 Å². The molecule has 142 valence electrons. The van der Waals surface area contributed by atoms with E-state index < -0.39 is 0 Å². The van der Waals surface area contributed by atoms with E-state index in [1.807, 2.05) is 42.8 Å². The summed E-state index contributed by atoms with van der Waals surface area (Å²) in [5, 5.41) is 18.5. The van der Waals surface area contributed by atoms with Gasteiger partial charge in [0.1, 0.15) is 21.0 Å². The first-order valence-electron chi connectivity index (χ1n) is 8.74. The first kappa shape index (κ1) is 18.1. The largest absolute Gasteiger partial charge is 0.345 e. The summed E-state index contributed by atoms with van der Waals surface area (Å²) < 4.78 is 1.81. The number of fused-ring (bicyclic) bond motifs is 1. The van der Waals surface area contributed by atoms with Crippen molar-refractivity contribution < 1.29 is 4.79 Å². The molecule has 4 aromatic heterocycles. The van der Waals surface area contributed by atoms with Crippen LogP contribution in [0.5, 0.6) is 0 Å². The second-order valence-corrected chi connectivity index (χ2v) is 7.50. The first-order chi connectivity index (χ1) is 13.6. The van der Waals surface area contributed by atoms with Crippen molar-refractivity contribution in [2.75, 3.05) is 0 Å². The lowest BCUT2D eigenvalue weighted by atomic mass is 10.2. The first-order valence-corrected chi connectivity index (χ1v) is 9.56. The highest BCUT2D eigenvalue weighted by atomic mass is 32.1. The van der Waals surface area contributed by atoms with E-state index >= 15 is 0 Å². The SMILES string of the molecule is Cc1cccc(CNC(=O)c2c(C=N)c3nc(Cc4ccn[nH]4)sc3n2C)n1. The van der Waals surface area contributed by atoms with E-state index in [0.29, 0.717) is 29.7 Å². The van der Waals surface area contributed by atoms with Crippen molar-refractivity contribution >= 4 is 33.8 Å². The van der Waals surface area contributed by atoms with Gasteiger partial charge < -0.3 is 15.3 Å². The van der Waals surface area contributed by atoms with Gasteiger partial charge in [-0.25, -0.2) is 4.98 Å². The number of nitrogens with one attached hydrogen (secondary N) is 3. The molecule has 0 fully saturated rings. The van der Waals surface area contributed by atoms with Gasteiger partial charge in [0.15, 0.2) is 0 Å². The van der Waals surface area contributed by atoms with Gasteiger partial charge in [0, 0.05) is 37.3 Å². The number of amides is 1. The number of carbonyl (C=O) groups is 1. The summed E-state index contributed by atoms with van der Waals surface area (Å²) in [6.07, 6.45) is 3.54. The Hall–Kier alpha value is -3.33. The third kappa shape index (κ3) is 3.31. The van der Waals surface area contributed by atoms with Gasteiger partial charge in [-0.1, -0.05) is 6.07 Å². The van der Waals surface area contributed by atoms with Crippen LogP contribution in [-0.4, -0.2) is 36.9 Å². The molecule has 8 nitrogen and oxygen atoms in total. The average Bonchev–Trinajstić information content (AvgIpc) is 3.38. The zero-order chi connectivity index (χ0) is 19.7. The standard InChI is InChI=1S/C19H19N7OS/c1-11-4-3-5-13(23-11)10-21-18(27)17-14(9-20)16-19(26(17)2)28-15(24-16)8-12-6-7-22-25-12/h3-7,9,20H,8,10H2,1-2H3,(H,21,27)(H,22,25). The molecule has 0 aliphatic heterocycles. The summed E-state index contributed by atoms with van der Waals surface area (Å²) in [7, 11) is 1.83. The van der Waals surface area contributed by atoms with Crippen molar-refractivity contribution in [2.24, 2.45) is 7.05 Å². The van der Waals surface area contributed by atoms with Crippen LogP contribution in [0.4, 0.5) is 0 Å². The number of aryl methyl sites for hydroxylation is 2. The molecule has 0 radical (unpaired) electrons. The Morgan fingerprint density at radius 1 is 1.36 bits per heavy atom. The average molecular weight is 393 g/mol. The monoisotopic (exact) mass is 393 g/mol. The molecular formula is C19H19N7OS. The predicted molar refractivity (Wildman–Crippen MR) is 108 cm³/mol. The van der Waals surface area contributed by atoms with Crippen molar-refractivity contribution in [1.29, 1.82) is 5.41 Å². The smallest absolute Gasteiger partial charge is 0.269 e. The van der Waals surface area contributed by atoms with E-state index in [9.17, 15) is 4.79 Å². The number of hydrogen-bond acceptors (Lipinski definition) is 6. The number of aromatic nitrogens is 5. The Bertz CT molecular complexity index is 1160. The molecule has 3 N–H and O–H groups in total. The maximum Gasteiger partial charge on any atom is 0.269 e. The summed E-state index contributed by atoms with van der Waals surface area (Å²) >= 11 is 1.51. The normalized spacial score (nSPS) is 11.1. The second kappa shape index (κ2) is 7.35. The van der Waals surface area contributed by atoms with Gasteiger partial charge in [-0.2, -0.15) is 5.10 Å². The highest BCUT2D eigenvalue weighted by Gasteiger charge is 2.23. The highest BCUT2D eigenvalue weighted by molar-refractivity contribution is 7.18. The number of H-pyrrole nitrogens is 1. The maximum atomic E-state index is 12.8. The van der Waals surface area contributed by atoms with Crippen LogP contribution in [0, 0.1) is 12.3 Å². The van der Waals surface area contributed by atoms with Gasteiger partial charge in [0.2, 0.25) is 0 Å². The molecule has 0 bridgehead atoms. The number of pyridine rings is 1. The minimum absolute atomic E-state index is 0.246. The molecule has 9 heteroatoms. The molecule has 0 saturated carbocycles. The number of carbonyl (C=O) groups excluding carboxylic acids is 1. The van der Waals surface area contributed by atoms with Crippen LogP contribution < -0.4 is 5.32 Å². The molecule has 4 rings (SSSR count). The van der Waals surface area contributed by atoms with Crippen molar-refractivity contribution in [3.8, 4) is 0 Å². The van der Waals surface area contributed by atoms with Crippen LogP contribution in [0.25, 0.3) is 10.3 Å². The quantitative estimate of drug-likeness (QED) is 0.437. The summed E-state index contributed by atoms with van der Waals surface area (Å²) in [5.41, 5.74) is 4.31. The molecular weight excluding hydrogens is 374 g/mol. The fraction of sp³-hybridized carbons (Fsp3) is 0.211. The van der Waals surface area contributed by atoms with E-state index in [4.69, 9.17) is 5.41 Å². The van der Waals surface area contributed by atoms with Crippen molar-refractivity contribution in [3.05, 3.63) is 63.8 Å². The summed E-state index contributed by atoms with van der Waals surface area (Å²) in [5.74, 6) is -0.246. The van der Waals surface area contributed by atoms with Gasteiger partial charge >= 0.3 is 0 Å². The van der Waals surface area contributed by atoms with Gasteiger partial charge in [0.05, 0.1) is 17.8 Å². The minimum atomic E-state index is -0.246. The molecule has 0 aliphatic rings. The van der Waals surface area contributed by atoms with Gasteiger partial charge in [-0.15, -0.1) is 11.3 Å². The second-order valence-electron chi connectivity index (χ2n) is 6.44. The fourth-order valence-corrected chi connectivity index (χ4v) is 4.21. The van der Waals surface area contributed by atoms with E-state index in [0.717, 1.165) is 26.9 Å².